The summed E-state index contributed by atoms with van der Waals surface area (Å²) in [5, 5.41) is 28.9. The van der Waals surface area contributed by atoms with Crippen molar-refractivity contribution in [1.82, 2.24) is 21.3 Å². The number of thiol groups is 2. The molecule has 18 heteroatoms. The van der Waals surface area contributed by atoms with Crippen LogP contribution in [0.1, 0.15) is 59.2 Å². The standard InChI is InChI=1S/C24H30N4O4S.C23H28N4O4S/c1-32-24(31)21(9-10-22(25)29)28-23(30)20-12-16(26-13-17-11-18(33)14-27-17)7-8-19(20)15-5-3-2-4-6-15;24-21(28)9-8-20(23(30)31)27-22(29)19-11-15(25-12-16-10-17(32)13-26-16)6-7-18(19)14-4-2-1-3-5-14/h2-8,12,17-18,21,26-27,33H,9-11,13-14H2,1H3,(H2,25,29)(H,28,30);1-7,11,16-17,20,25-26,32H,8-10,12-13H2,(H2,24,28)(H,27,29)(H,30,31)/t17-,18-,21?;16-,17-,20?/m00/s1. The number of amides is 4. The van der Waals surface area contributed by atoms with Gasteiger partial charge in [-0.3, -0.25) is 19.2 Å². The van der Waals surface area contributed by atoms with Crippen LogP contribution in [0.2, 0.25) is 0 Å². The average molecular weight is 927 g/mol. The smallest absolute Gasteiger partial charge is 0.328 e. The van der Waals surface area contributed by atoms with Crippen molar-refractivity contribution in [3.05, 3.63) is 108 Å². The number of benzene rings is 4. The van der Waals surface area contributed by atoms with Gasteiger partial charge in [0.1, 0.15) is 12.1 Å². The zero-order valence-corrected chi connectivity index (χ0v) is 37.9. The van der Waals surface area contributed by atoms with Crippen molar-refractivity contribution in [2.24, 2.45) is 11.5 Å². The SMILES string of the molecule is COC(=O)C(CCC(N)=O)NC(=O)c1cc(NC[C@@H]2C[C@H](S)CN2)ccc1-c1ccccc1.NC(=O)CCC(NC(=O)c1cc(NC[C@@H]2C[C@H](S)CN2)ccc1-c1ccccc1)C(=O)O. The van der Waals surface area contributed by atoms with E-state index in [1.807, 2.05) is 84.9 Å². The lowest BCUT2D eigenvalue weighted by atomic mass is 9.98. The van der Waals surface area contributed by atoms with Crippen LogP contribution in [-0.2, 0) is 23.9 Å². The maximum atomic E-state index is 13.3. The second-order valence-corrected chi connectivity index (χ2v) is 17.4. The normalized spacial score (nSPS) is 18.5. The maximum Gasteiger partial charge on any atom is 0.328 e. The zero-order chi connectivity index (χ0) is 46.9. The van der Waals surface area contributed by atoms with E-state index in [4.69, 9.17) is 16.2 Å². The Hall–Kier alpha value is -6.08. The highest BCUT2D eigenvalue weighted by Crippen LogP contribution is 2.29. The molecule has 6 atom stereocenters. The highest BCUT2D eigenvalue weighted by molar-refractivity contribution is 7.81. The lowest BCUT2D eigenvalue weighted by molar-refractivity contribution is -0.143. The van der Waals surface area contributed by atoms with Crippen molar-refractivity contribution >= 4 is 72.2 Å². The first-order valence-electron chi connectivity index (χ1n) is 21.4. The fourth-order valence-corrected chi connectivity index (χ4v) is 8.23. The molecule has 11 N–H and O–H groups in total. The summed E-state index contributed by atoms with van der Waals surface area (Å²) in [6.45, 7) is 3.11. The third kappa shape index (κ3) is 15.6. The molecule has 4 aromatic rings. The molecule has 2 unspecified atom stereocenters. The van der Waals surface area contributed by atoms with Gasteiger partial charge in [0.15, 0.2) is 0 Å². The molecule has 2 saturated heterocycles. The fraction of sp³-hybridized carbons (Fsp3) is 0.362. The number of ether oxygens (including phenoxy) is 1. The van der Waals surface area contributed by atoms with E-state index in [1.54, 1.807) is 12.1 Å². The van der Waals surface area contributed by atoms with Crippen LogP contribution in [0.5, 0.6) is 0 Å². The molecule has 0 aromatic heterocycles. The van der Waals surface area contributed by atoms with E-state index in [0.29, 0.717) is 46.3 Å². The van der Waals surface area contributed by atoms with Crippen LogP contribution in [0.4, 0.5) is 11.4 Å². The summed E-state index contributed by atoms with van der Waals surface area (Å²) >= 11 is 8.99. The first kappa shape index (κ1) is 49.9. The second-order valence-electron chi connectivity index (χ2n) is 15.9. The Kier molecular flexibility index (Phi) is 19.1. The van der Waals surface area contributed by atoms with Crippen molar-refractivity contribution in [2.75, 3.05) is 43.9 Å². The van der Waals surface area contributed by atoms with Gasteiger partial charge in [-0.05, 0) is 72.2 Å². The van der Waals surface area contributed by atoms with Crippen molar-refractivity contribution in [3.63, 3.8) is 0 Å². The average Bonchev–Trinajstić information content (AvgIpc) is 3.94. The summed E-state index contributed by atoms with van der Waals surface area (Å²) in [5.41, 5.74) is 15.8. The predicted octanol–water partition coefficient (Wildman–Crippen LogP) is 3.84. The topological polar surface area (TPSA) is 256 Å². The molecule has 2 aliphatic rings. The molecule has 0 saturated carbocycles. The van der Waals surface area contributed by atoms with Crippen LogP contribution in [-0.4, -0.2) is 109 Å². The number of nitrogens with one attached hydrogen (secondary N) is 6. The van der Waals surface area contributed by atoms with E-state index in [1.165, 1.54) is 7.11 Å². The number of nitrogens with two attached hydrogens (primary N) is 2. The van der Waals surface area contributed by atoms with Gasteiger partial charge in [0.05, 0.1) is 7.11 Å². The van der Waals surface area contributed by atoms with E-state index in [-0.39, 0.29) is 31.7 Å². The Morgan fingerprint density at radius 1 is 0.662 bits per heavy atom. The lowest BCUT2D eigenvalue weighted by Crippen LogP contribution is -2.42. The molecule has 6 rings (SSSR count). The van der Waals surface area contributed by atoms with Crippen LogP contribution >= 0.6 is 25.3 Å². The van der Waals surface area contributed by atoms with E-state index < -0.39 is 47.7 Å². The van der Waals surface area contributed by atoms with Crippen LogP contribution in [0, 0.1) is 0 Å². The third-order valence-electron chi connectivity index (χ3n) is 11.0. The summed E-state index contributed by atoms with van der Waals surface area (Å²) in [6.07, 6.45) is 1.72. The van der Waals surface area contributed by atoms with Crippen molar-refractivity contribution in [2.45, 2.75) is 73.2 Å². The van der Waals surface area contributed by atoms with Gasteiger partial charge in [0, 0.05) is 84.1 Å². The Morgan fingerprint density at radius 3 is 1.45 bits per heavy atom. The summed E-state index contributed by atoms with van der Waals surface area (Å²) in [5.74, 6) is -3.99. The van der Waals surface area contributed by atoms with E-state index >= 15 is 0 Å². The molecule has 0 bridgehead atoms. The molecule has 0 aliphatic carbocycles. The Balaban J connectivity index is 0.000000244. The van der Waals surface area contributed by atoms with Gasteiger partial charge >= 0.3 is 11.9 Å². The van der Waals surface area contributed by atoms with Crippen LogP contribution in [0.3, 0.4) is 0 Å². The fourth-order valence-electron chi connectivity index (χ4n) is 7.51. The zero-order valence-electron chi connectivity index (χ0n) is 36.1. The lowest BCUT2D eigenvalue weighted by Gasteiger charge is -2.19. The molecular weight excluding hydrogens is 869 g/mol. The van der Waals surface area contributed by atoms with Gasteiger partial charge in [-0.2, -0.15) is 25.3 Å². The molecule has 4 aromatic carbocycles. The van der Waals surface area contributed by atoms with Gasteiger partial charge in [-0.15, -0.1) is 0 Å². The molecule has 65 heavy (non-hydrogen) atoms. The van der Waals surface area contributed by atoms with Crippen molar-refractivity contribution < 1.29 is 38.6 Å². The van der Waals surface area contributed by atoms with E-state index in [0.717, 1.165) is 54.0 Å². The first-order chi connectivity index (χ1) is 31.2. The summed E-state index contributed by atoms with van der Waals surface area (Å²) in [6, 6.07) is 28.3. The number of carboxylic acid groups (broad SMARTS) is 1. The van der Waals surface area contributed by atoms with Gasteiger partial charge < -0.3 is 53.2 Å². The number of primary amides is 2. The number of anilines is 2. The molecule has 0 radical (unpaired) electrons. The number of methoxy groups -OCH3 is 1. The Bertz CT molecular complexity index is 2270. The van der Waals surface area contributed by atoms with E-state index in [9.17, 15) is 33.9 Å². The minimum atomic E-state index is -1.22. The monoisotopic (exact) mass is 926 g/mol. The van der Waals surface area contributed by atoms with E-state index in [2.05, 4.69) is 57.2 Å². The summed E-state index contributed by atoms with van der Waals surface area (Å²) in [4.78, 5) is 72.4. The number of hydrogen-bond acceptors (Lipinski definition) is 13. The maximum absolute atomic E-state index is 13.3. The molecule has 4 amide bonds. The second kappa shape index (κ2) is 24.8. The molecular formula is C47H58N8O8S2. The molecule has 2 fully saturated rings. The third-order valence-corrected chi connectivity index (χ3v) is 11.7. The number of hydrogen-bond donors (Lipinski definition) is 11. The number of carbonyl (C=O) groups is 6. The molecule has 16 nitrogen and oxygen atoms in total. The van der Waals surface area contributed by atoms with Gasteiger partial charge in [-0.25, -0.2) is 9.59 Å². The highest BCUT2D eigenvalue weighted by Gasteiger charge is 2.27. The molecule has 2 heterocycles. The minimum Gasteiger partial charge on any atom is -0.480 e. The Morgan fingerprint density at radius 2 is 1.08 bits per heavy atom. The largest absolute Gasteiger partial charge is 0.480 e. The number of esters is 1. The van der Waals surface area contributed by atoms with Gasteiger partial charge in [-0.1, -0.05) is 72.8 Å². The number of aliphatic carboxylic acids is 1. The van der Waals surface area contributed by atoms with Gasteiger partial charge in [0.25, 0.3) is 11.8 Å². The minimum absolute atomic E-state index is 0.0479. The van der Waals surface area contributed by atoms with Crippen molar-refractivity contribution in [3.8, 4) is 22.3 Å². The quantitative estimate of drug-likeness (QED) is 0.0447. The number of rotatable bonds is 20. The first-order valence-corrected chi connectivity index (χ1v) is 22.4. The summed E-state index contributed by atoms with van der Waals surface area (Å²) < 4.78 is 4.79. The van der Waals surface area contributed by atoms with Gasteiger partial charge in [0.2, 0.25) is 11.8 Å². The Labute approximate surface area is 389 Å². The number of carboxylic acids is 1. The van der Waals surface area contributed by atoms with Crippen LogP contribution in [0.15, 0.2) is 97.1 Å². The van der Waals surface area contributed by atoms with Crippen molar-refractivity contribution in [1.29, 1.82) is 0 Å². The van der Waals surface area contributed by atoms with Crippen LogP contribution < -0.4 is 43.4 Å². The molecule has 346 valence electrons. The highest BCUT2D eigenvalue weighted by atomic mass is 32.1. The number of carbonyl (C=O) groups excluding carboxylic acids is 5. The molecule has 0 spiro atoms. The molecule has 2 aliphatic heterocycles. The summed E-state index contributed by atoms with van der Waals surface area (Å²) in [7, 11) is 1.23. The van der Waals surface area contributed by atoms with Crippen LogP contribution in [0.25, 0.3) is 22.3 Å². The predicted molar refractivity (Wildman–Crippen MR) is 258 cm³/mol.